The fraction of sp³-hybridized carbons (Fsp3) is 0.412. The van der Waals surface area contributed by atoms with E-state index in [4.69, 9.17) is 4.74 Å². The zero-order valence-corrected chi connectivity index (χ0v) is 13.4. The second-order valence-corrected chi connectivity index (χ2v) is 6.30. The average molecular weight is 285 g/mol. The first-order chi connectivity index (χ1) is 9.82. The molecular weight excluding hydrogens is 262 g/mol. The molecule has 1 N–H and O–H groups in total. The van der Waals surface area contributed by atoms with Gasteiger partial charge in [-0.2, -0.15) is 0 Å². The third-order valence-electron chi connectivity index (χ3n) is 2.92. The van der Waals surface area contributed by atoms with Crippen LogP contribution in [0.3, 0.4) is 0 Å². The van der Waals surface area contributed by atoms with Crippen LogP contribution in [0, 0.1) is 13.8 Å². The first-order valence-corrected chi connectivity index (χ1v) is 7.15. The minimum Gasteiger partial charge on any atom is -0.437 e. The zero-order valence-electron chi connectivity index (χ0n) is 13.4. The van der Waals surface area contributed by atoms with Crippen LogP contribution in [0.25, 0.3) is 0 Å². The molecule has 0 bridgehead atoms. The van der Waals surface area contributed by atoms with E-state index in [9.17, 15) is 0 Å². The highest BCUT2D eigenvalue weighted by Gasteiger charge is 2.10. The predicted molar refractivity (Wildman–Crippen MR) is 84.6 cm³/mol. The van der Waals surface area contributed by atoms with Crippen LogP contribution in [0.5, 0.6) is 11.6 Å². The summed E-state index contributed by atoms with van der Waals surface area (Å²) < 4.78 is 5.79. The van der Waals surface area contributed by atoms with Gasteiger partial charge in [0, 0.05) is 29.5 Å². The van der Waals surface area contributed by atoms with Crippen molar-refractivity contribution >= 4 is 0 Å². The van der Waals surface area contributed by atoms with Crippen LogP contribution in [0.15, 0.2) is 30.5 Å². The molecule has 112 valence electrons. The van der Waals surface area contributed by atoms with Gasteiger partial charge in [-0.05, 0) is 58.4 Å². The molecule has 2 aromatic heterocycles. The van der Waals surface area contributed by atoms with Gasteiger partial charge in [0.25, 0.3) is 0 Å². The van der Waals surface area contributed by atoms with Crippen LogP contribution in [0.1, 0.15) is 37.7 Å². The molecule has 0 aliphatic rings. The molecule has 0 fully saturated rings. The largest absolute Gasteiger partial charge is 0.437 e. The van der Waals surface area contributed by atoms with Gasteiger partial charge in [-0.3, -0.25) is 4.98 Å². The highest BCUT2D eigenvalue weighted by Crippen LogP contribution is 2.20. The number of nitrogens with zero attached hydrogens (tertiary/aromatic N) is 2. The third-order valence-corrected chi connectivity index (χ3v) is 2.92. The van der Waals surface area contributed by atoms with Gasteiger partial charge in [0.15, 0.2) is 0 Å². The summed E-state index contributed by atoms with van der Waals surface area (Å²) in [6.07, 6.45) is 1.71. The van der Waals surface area contributed by atoms with Crippen LogP contribution in [0.2, 0.25) is 0 Å². The molecule has 2 aromatic rings. The van der Waals surface area contributed by atoms with Crippen LogP contribution in [-0.4, -0.2) is 15.5 Å². The Morgan fingerprint density at radius 2 is 1.86 bits per heavy atom. The summed E-state index contributed by atoms with van der Waals surface area (Å²) in [5, 5.41) is 3.47. The van der Waals surface area contributed by atoms with E-state index in [0.717, 1.165) is 23.5 Å². The topological polar surface area (TPSA) is 47.0 Å². The van der Waals surface area contributed by atoms with Crippen molar-refractivity contribution in [2.45, 2.75) is 46.7 Å². The van der Waals surface area contributed by atoms with Crippen molar-refractivity contribution in [3.8, 4) is 11.6 Å². The number of rotatable bonds is 4. The number of hydrogen-bond acceptors (Lipinski definition) is 4. The third kappa shape index (κ3) is 5.16. The molecule has 0 radical (unpaired) electrons. The van der Waals surface area contributed by atoms with E-state index in [1.165, 1.54) is 0 Å². The van der Waals surface area contributed by atoms with Gasteiger partial charge in [-0.1, -0.05) is 0 Å². The lowest BCUT2D eigenvalue weighted by atomic mass is 10.1. The fourth-order valence-electron chi connectivity index (χ4n) is 1.86. The Balaban J connectivity index is 2.13. The van der Waals surface area contributed by atoms with E-state index >= 15 is 0 Å². The monoisotopic (exact) mass is 285 g/mol. The molecule has 0 spiro atoms. The molecule has 2 rings (SSSR count). The van der Waals surface area contributed by atoms with Gasteiger partial charge in [0.2, 0.25) is 5.88 Å². The molecule has 0 aliphatic carbocycles. The molecule has 4 nitrogen and oxygen atoms in total. The Hall–Kier alpha value is -1.94. The highest BCUT2D eigenvalue weighted by atomic mass is 16.5. The van der Waals surface area contributed by atoms with Crippen LogP contribution in [-0.2, 0) is 6.54 Å². The molecule has 21 heavy (non-hydrogen) atoms. The fourth-order valence-corrected chi connectivity index (χ4v) is 1.86. The van der Waals surface area contributed by atoms with E-state index in [2.05, 4.69) is 42.1 Å². The van der Waals surface area contributed by atoms with Gasteiger partial charge in [-0.25, -0.2) is 4.98 Å². The summed E-state index contributed by atoms with van der Waals surface area (Å²) in [6, 6.07) is 7.86. The predicted octanol–water partition coefficient (Wildman–Crippen LogP) is 3.77. The summed E-state index contributed by atoms with van der Waals surface area (Å²) in [4.78, 5) is 8.64. The van der Waals surface area contributed by atoms with Crippen molar-refractivity contribution < 1.29 is 4.74 Å². The summed E-state index contributed by atoms with van der Waals surface area (Å²) in [6.45, 7) is 11.2. The second kappa shape index (κ2) is 6.22. The summed E-state index contributed by atoms with van der Waals surface area (Å²) in [5.41, 5.74) is 3.15. The van der Waals surface area contributed by atoms with E-state index in [-0.39, 0.29) is 5.54 Å². The number of nitrogens with one attached hydrogen (secondary N) is 1. The molecule has 4 heteroatoms. The van der Waals surface area contributed by atoms with Crippen molar-refractivity contribution in [1.82, 2.24) is 15.3 Å². The zero-order chi connectivity index (χ0) is 15.5. The lowest BCUT2D eigenvalue weighted by Gasteiger charge is -2.20. The molecule has 0 unspecified atom stereocenters. The normalized spacial score (nSPS) is 11.5. The molecule has 0 aliphatic heterocycles. The molecule has 0 aromatic carbocycles. The smallest absolute Gasteiger partial charge is 0.219 e. The van der Waals surface area contributed by atoms with Crippen LogP contribution in [0.4, 0.5) is 0 Å². The first-order valence-electron chi connectivity index (χ1n) is 7.15. The number of ether oxygens (including phenoxy) is 1. The van der Waals surface area contributed by atoms with E-state index in [1.807, 2.05) is 32.0 Å². The minimum absolute atomic E-state index is 0.0824. The van der Waals surface area contributed by atoms with Crippen molar-refractivity contribution in [1.29, 1.82) is 0 Å². The maximum absolute atomic E-state index is 5.79. The van der Waals surface area contributed by atoms with Crippen LogP contribution < -0.4 is 10.1 Å². The Bertz CT molecular complexity index is 600. The van der Waals surface area contributed by atoms with Gasteiger partial charge < -0.3 is 10.1 Å². The van der Waals surface area contributed by atoms with Crippen LogP contribution >= 0.6 is 0 Å². The lowest BCUT2D eigenvalue weighted by Crippen LogP contribution is -2.35. The molecule has 0 amide bonds. The van der Waals surface area contributed by atoms with Crippen molar-refractivity contribution in [3.63, 3.8) is 0 Å². The summed E-state index contributed by atoms with van der Waals surface area (Å²) >= 11 is 0. The number of hydrogen-bond donors (Lipinski definition) is 1. The second-order valence-electron chi connectivity index (χ2n) is 6.30. The van der Waals surface area contributed by atoms with E-state index in [0.29, 0.717) is 11.6 Å². The summed E-state index contributed by atoms with van der Waals surface area (Å²) in [5.74, 6) is 1.31. The van der Waals surface area contributed by atoms with E-state index < -0.39 is 0 Å². The quantitative estimate of drug-likeness (QED) is 0.928. The summed E-state index contributed by atoms with van der Waals surface area (Å²) in [7, 11) is 0. The molecular formula is C17H23N3O. The first kappa shape index (κ1) is 15.4. The van der Waals surface area contributed by atoms with Gasteiger partial charge >= 0.3 is 0 Å². The standard InChI is InChI=1S/C17H23N3O/c1-12-6-7-15(11-18-12)21-16-9-14(8-13(2)20-16)10-19-17(3,4)5/h6-9,11,19H,10H2,1-5H3. The minimum atomic E-state index is 0.0824. The number of aromatic nitrogens is 2. The maximum Gasteiger partial charge on any atom is 0.219 e. The van der Waals surface area contributed by atoms with Gasteiger partial charge in [-0.15, -0.1) is 0 Å². The number of pyridine rings is 2. The van der Waals surface area contributed by atoms with E-state index in [1.54, 1.807) is 6.20 Å². The molecule has 0 saturated heterocycles. The molecule has 2 heterocycles. The molecule has 0 saturated carbocycles. The number of aryl methyl sites for hydroxylation is 2. The van der Waals surface area contributed by atoms with Gasteiger partial charge in [0.05, 0.1) is 6.20 Å². The SMILES string of the molecule is Cc1ccc(Oc2cc(CNC(C)(C)C)cc(C)n2)cn1. The maximum atomic E-state index is 5.79. The van der Waals surface area contributed by atoms with Crippen molar-refractivity contribution in [3.05, 3.63) is 47.4 Å². The van der Waals surface area contributed by atoms with Crippen molar-refractivity contribution in [2.75, 3.05) is 0 Å². The van der Waals surface area contributed by atoms with Crippen molar-refractivity contribution in [2.24, 2.45) is 0 Å². The highest BCUT2D eigenvalue weighted by molar-refractivity contribution is 5.29. The Morgan fingerprint density at radius 1 is 1.10 bits per heavy atom. The Kier molecular flexibility index (Phi) is 4.58. The molecule has 0 atom stereocenters. The Labute approximate surface area is 126 Å². The lowest BCUT2D eigenvalue weighted by molar-refractivity contribution is 0.421. The average Bonchev–Trinajstić information content (AvgIpc) is 2.38. The Morgan fingerprint density at radius 3 is 2.48 bits per heavy atom. The van der Waals surface area contributed by atoms with Gasteiger partial charge in [0.1, 0.15) is 5.75 Å².